The third kappa shape index (κ3) is 6.22. The van der Waals surface area contributed by atoms with Crippen molar-refractivity contribution in [2.75, 3.05) is 9.80 Å². The van der Waals surface area contributed by atoms with Crippen molar-refractivity contribution in [2.45, 2.75) is 59.3 Å². The Balaban J connectivity index is 1.22. The maximum Gasteiger partial charge on any atom is 0.252 e. The summed E-state index contributed by atoms with van der Waals surface area (Å²) < 4.78 is 5.20. The standard InChI is InChI=1S/C63H51BN2S2/c1-38-34-51-59-52(35-38)66(61-44(40-20-12-9-13-21-40)29-33-56-58(61)46-23-15-17-25-54(46)68-56)50-31-27-42(63(5,6)7)37-48(50)64(59)47-36-41(62(2,3)4)26-30-49(47)65(51)60-43(39-18-10-8-11-19-39)28-32-55-57(60)45-22-14-16-24-53(45)67-55/h8-37H,1-7H3. The highest BCUT2D eigenvalue weighted by molar-refractivity contribution is 7.26. The Morgan fingerprint density at radius 1 is 0.397 bits per heavy atom. The van der Waals surface area contributed by atoms with Crippen LogP contribution in [0.4, 0.5) is 34.1 Å². The van der Waals surface area contributed by atoms with E-state index in [9.17, 15) is 0 Å². The predicted octanol–water partition coefficient (Wildman–Crippen LogP) is 16.7. The molecule has 0 saturated carbocycles. The van der Waals surface area contributed by atoms with Gasteiger partial charge in [0.1, 0.15) is 0 Å². The van der Waals surface area contributed by atoms with E-state index in [0.717, 1.165) is 0 Å². The molecule has 2 aliphatic rings. The minimum absolute atomic E-state index is 0.0279. The summed E-state index contributed by atoms with van der Waals surface area (Å²) >= 11 is 3.79. The molecule has 2 nitrogen and oxygen atoms in total. The summed E-state index contributed by atoms with van der Waals surface area (Å²) in [4.78, 5) is 5.37. The van der Waals surface area contributed by atoms with Gasteiger partial charge in [0.15, 0.2) is 0 Å². The van der Waals surface area contributed by atoms with Gasteiger partial charge in [-0.15, -0.1) is 22.7 Å². The lowest BCUT2D eigenvalue weighted by Gasteiger charge is -2.46. The molecule has 0 amide bonds. The van der Waals surface area contributed by atoms with Crippen molar-refractivity contribution in [2.24, 2.45) is 0 Å². The van der Waals surface area contributed by atoms with Crippen molar-refractivity contribution in [3.05, 3.63) is 199 Å². The highest BCUT2D eigenvalue weighted by Crippen LogP contribution is 2.55. The van der Waals surface area contributed by atoms with Crippen LogP contribution in [0.25, 0.3) is 62.6 Å². The maximum absolute atomic E-state index is 2.68. The fraction of sp³-hybridized carbons (Fsp3) is 0.143. The molecule has 0 N–H and O–H groups in total. The molecule has 5 heteroatoms. The van der Waals surface area contributed by atoms with Gasteiger partial charge in [0.25, 0.3) is 6.71 Å². The third-order valence-corrected chi connectivity index (χ3v) is 16.9. The van der Waals surface area contributed by atoms with Crippen molar-refractivity contribution in [3.63, 3.8) is 0 Å². The predicted molar refractivity (Wildman–Crippen MR) is 299 cm³/mol. The first-order valence-electron chi connectivity index (χ1n) is 24.0. The maximum atomic E-state index is 2.68. The molecule has 0 unspecified atom stereocenters. The smallest absolute Gasteiger partial charge is 0.252 e. The van der Waals surface area contributed by atoms with Crippen molar-refractivity contribution in [3.8, 4) is 22.3 Å². The Morgan fingerprint density at radius 2 is 0.809 bits per heavy atom. The molecule has 0 spiro atoms. The highest BCUT2D eigenvalue weighted by atomic mass is 32.1. The lowest BCUT2D eigenvalue weighted by atomic mass is 9.33. The minimum Gasteiger partial charge on any atom is -0.310 e. The molecule has 0 aliphatic carbocycles. The number of rotatable bonds is 4. The van der Waals surface area contributed by atoms with E-state index in [1.54, 1.807) is 0 Å². The van der Waals surface area contributed by atoms with Gasteiger partial charge in [-0.1, -0.05) is 175 Å². The Bertz CT molecular complexity index is 3600. The molecule has 0 bridgehead atoms. The topological polar surface area (TPSA) is 6.48 Å². The lowest BCUT2D eigenvalue weighted by molar-refractivity contribution is 0.590. The summed E-state index contributed by atoms with van der Waals surface area (Å²) in [6.45, 7) is 16.4. The SMILES string of the molecule is Cc1cc2c3c(c1)N(c1c(-c4ccccc4)ccc4sc5ccccc5c14)c1ccc(C(C)(C)C)cc1B3c1cc(C(C)(C)C)ccc1N2c1c(-c2ccccc2)ccc2sc3ccccc3c12. The zero-order valence-corrected chi connectivity index (χ0v) is 41.2. The first-order valence-corrected chi connectivity index (χ1v) is 25.6. The van der Waals surface area contributed by atoms with Crippen LogP contribution >= 0.6 is 22.7 Å². The average Bonchev–Trinajstić information content (AvgIpc) is 3.92. The molecule has 0 atom stereocenters. The minimum atomic E-state index is -0.0635. The Hall–Kier alpha value is -6.92. The van der Waals surface area contributed by atoms with Crippen LogP contribution in [-0.2, 0) is 10.8 Å². The summed E-state index contributed by atoms with van der Waals surface area (Å²) in [5, 5.41) is 5.19. The molecular weight excluding hydrogens is 860 g/mol. The molecule has 2 aromatic heterocycles. The molecule has 13 rings (SSSR count). The van der Waals surface area contributed by atoms with Gasteiger partial charge in [-0.25, -0.2) is 0 Å². The van der Waals surface area contributed by atoms with Crippen LogP contribution in [0.2, 0.25) is 0 Å². The molecule has 0 saturated heterocycles. The van der Waals surface area contributed by atoms with Gasteiger partial charge < -0.3 is 9.80 Å². The molecule has 4 heterocycles. The van der Waals surface area contributed by atoms with Gasteiger partial charge in [-0.2, -0.15) is 0 Å². The van der Waals surface area contributed by atoms with Gasteiger partial charge >= 0.3 is 0 Å². The molecule has 0 fully saturated rings. The summed E-state index contributed by atoms with van der Waals surface area (Å²) in [7, 11) is 0. The van der Waals surface area contributed by atoms with Crippen LogP contribution in [0, 0.1) is 6.92 Å². The number of aryl methyl sites for hydroxylation is 1. The van der Waals surface area contributed by atoms with Gasteiger partial charge in [-0.3, -0.25) is 0 Å². The van der Waals surface area contributed by atoms with Gasteiger partial charge in [0.2, 0.25) is 0 Å². The molecular formula is C63H51BN2S2. The van der Waals surface area contributed by atoms with Gasteiger partial charge in [0.05, 0.1) is 11.4 Å². The largest absolute Gasteiger partial charge is 0.310 e. The number of anilines is 6. The first-order chi connectivity index (χ1) is 32.9. The normalized spacial score (nSPS) is 13.4. The second-order valence-electron chi connectivity index (χ2n) is 21.0. The quantitative estimate of drug-likeness (QED) is 0.162. The number of hydrogen-bond donors (Lipinski definition) is 0. The molecule has 9 aromatic carbocycles. The van der Waals surface area contributed by atoms with E-state index in [0.29, 0.717) is 0 Å². The van der Waals surface area contributed by atoms with E-state index < -0.39 is 0 Å². The van der Waals surface area contributed by atoms with Crippen LogP contribution < -0.4 is 26.2 Å². The number of hydrogen-bond acceptors (Lipinski definition) is 4. The van der Waals surface area contributed by atoms with Crippen LogP contribution in [0.15, 0.2) is 182 Å². The van der Waals surface area contributed by atoms with E-state index in [-0.39, 0.29) is 17.5 Å². The summed E-state index contributed by atoms with van der Waals surface area (Å²) in [6, 6.07) is 69.4. The van der Waals surface area contributed by atoms with Crippen molar-refractivity contribution < 1.29 is 0 Å². The van der Waals surface area contributed by atoms with Crippen LogP contribution in [0.3, 0.4) is 0 Å². The summed E-state index contributed by atoms with van der Waals surface area (Å²) in [5.74, 6) is 0. The van der Waals surface area contributed by atoms with E-state index in [1.807, 2.05) is 22.7 Å². The summed E-state index contributed by atoms with van der Waals surface area (Å²) in [6.07, 6.45) is 0. The fourth-order valence-corrected chi connectivity index (χ4v) is 13.5. The van der Waals surface area contributed by atoms with Crippen molar-refractivity contribution in [1.29, 1.82) is 0 Å². The Morgan fingerprint density at radius 3 is 1.24 bits per heavy atom. The molecule has 68 heavy (non-hydrogen) atoms. The van der Waals surface area contributed by atoms with Gasteiger partial charge in [-0.05, 0) is 110 Å². The van der Waals surface area contributed by atoms with Crippen molar-refractivity contribution >= 4 is 120 Å². The van der Waals surface area contributed by atoms with Crippen LogP contribution in [0.5, 0.6) is 0 Å². The Labute approximate surface area is 407 Å². The third-order valence-electron chi connectivity index (χ3n) is 14.6. The molecule has 2 aliphatic heterocycles. The fourth-order valence-electron chi connectivity index (χ4n) is 11.3. The van der Waals surface area contributed by atoms with Gasteiger partial charge in [0, 0.05) is 74.2 Å². The first kappa shape index (κ1) is 41.3. The van der Waals surface area contributed by atoms with Crippen LogP contribution in [-0.4, -0.2) is 6.71 Å². The number of fused-ring (bicyclic) bond motifs is 10. The molecule has 0 radical (unpaired) electrons. The zero-order valence-electron chi connectivity index (χ0n) is 39.6. The monoisotopic (exact) mass is 910 g/mol. The van der Waals surface area contributed by atoms with E-state index >= 15 is 0 Å². The number of thiophene rings is 2. The highest BCUT2D eigenvalue weighted by Gasteiger charge is 2.46. The van der Waals surface area contributed by atoms with Crippen molar-refractivity contribution in [1.82, 2.24) is 0 Å². The Kier molecular flexibility index (Phi) is 9.13. The second kappa shape index (κ2) is 15.0. The summed E-state index contributed by atoms with van der Waals surface area (Å²) in [5.41, 5.74) is 20.1. The average molecular weight is 911 g/mol. The number of benzene rings is 9. The molecule has 328 valence electrons. The van der Waals surface area contributed by atoms with E-state index in [1.165, 1.54) is 130 Å². The lowest BCUT2D eigenvalue weighted by Crippen LogP contribution is -2.61. The van der Waals surface area contributed by atoms with E-state index in [4.69, 9.17) is 0 Å². The second-order valence-corrected chi connectivity index (χ2v) is 23.1. The number of nitrogens with zero attached hydrogens (tertiary/aromatic N) is 2. The van der Waals surface area contributed by atoms with E-state index in [2.05, 4.69) is 240 Å². The van der Waals surface area contributed by atoms with Crippen LogP contribution in [0.1, 0.15) is 58.2 Å². The zero-order chi connectivity index (χ0) is 46.2. The molecule has 11 aromatic rings.